The zero-order valence-electron chi connectivity index (χ0n) is 16.5. The Morgan fingerprint density at radius 2 is 2.17 bits per heavy atom. The third-order valence-electron chi connectivity index (χ3n) is 5.97. The van der Waals surface area contributed by atoms with E-state index in [-0.39, 0.29) is 11.7 Å². The molecule has 2 atom stereocenters. The van der Waals surface area contributed by atoms with Crippen LogP contribution in [0.4, 0.5) is 5.00 Å². The molecule has 0 saturated carbocycles. The molecule has 29 heavy (non-hydrogen) atoms. The van der Waals surface area contributed by atoms with E-state index < -0.39 is 17.4 Å². The summed E-state index contributed by atoms with van der Waals surface area (Å²) in [4.78, 5) is 38.4. The van der Waals surface area contributed by atoms with Crippen molar-refractivity contribution >= 4 is 34.2 Å². The summed E-state index contributed by atoms with van der Waals surface area (Å²) in [6.07, 6.45) is 8.26. The van der Waals surface area contributed by atoms with Crippen LogP contribution in [0.25, 0.3) is 6.08 Å². The molecule has 2 aromatic heterocycles. The Balaban J connectivity index is 1.68. The second-order valence-corrected chi connectivity index (χ2v) is 8.95. The van der Waals surface area contributed by atoms with E-state index in [9.17, 15) is 14.4 Å². The van der Waals surface area contributed by atoms with E-state index in [4.69, 9.17) is 10.2 Å². The van der Waals surface area contributed by atoms with Crippen LogP contribution >= 0.6 is 11.3 Å². The van der Waals surface area contributed by atoms with Crippen LogP contribution in [0, 0.1) is 5.92 Å². The SMILES string of the molecule is CCC1CCc2c(sc(NC(=O)c3cc4c(c(=O)o3)C=CCC4C)c2C(N)=O)C1. The number of hydrogen-bond acceptors (Lipinski definition) is 5. The van der Waals surface area contributed by atoms with Gasteiger partial charge in [-0.25, -0.2) is 4.79 Å². The molecule has 152 valence electrons. The Hall–Kier alpha value is -2.67. The number of fused-ring (bicyclic) bond motifs is 2. The molecule has 2 heterocycles. The van der Waals surface area contributed by atoms with E-state index >= 15 is 0 Å². The molecule has 3 N–H and O–H groups in total. The van der Waals surface area contributed by atoms with Crippen molar-refractivity contribution < 1.29 is 14.0 Å². The lowest BCUT2D eigenvalue weighted by Gasteiger charge is -2.20. The standard InChI is InChI=1S/C22H24N2O4S/c1-3-12-7-8-14-17(9-12)29-21(18(14)19(23)25)24-20(26)16-10-15-11(2)5-4-6-13(15)22(27)28-16/h4,6,10-12H,3,5,7-9H2,1-2H3,(H2,23,25)(H,24,26). The molecule has 2 aliphatic rings. The molecule has 0 bridgehead atoms. The molecular weight excluding hydrogens is 388 g/mol. The summed E-state index contributed by atoms with van der Waals surface area (Å²) in [6.45, 7) is 4.17. The Labute approximate surface area is 172 Å². The number of anilines is 1. The quantitative estimate of drug-likeness (QED) is 0.789. The third kappa shape index (κ3) is 3.55. The molecule has 2 unspecified atom stereocenters. The van der Waals surface area contributed by atoms with Gasteiger partial charge >= 0.3 is 5.63 Å². The molecule has 4 rings (SSSR count). The average Bonchev–Trinajstić information content (AvgIpc) is 3.05. The lowest BCUT2D eigenvalue weighted by atomic mass is 9.85. The maximum absolute atomic E-state index is 12.9. The van der Waals surface area contributed by atoms with E-state index in [1.807, 2.05) is 13.0 Å². The van der Waals surface area contributed by atoms with E-state index in [1.165, 1.54) is 11.3 Å². The molecule has 0 aromatic carbocycles. The second kappa shape index (κ2) is 7.63. The van der Waals surface area contributed by atoms with Gasteiger partial charge in [-0.15, -0.1) is 11.3 Å². The first-order valence-electron chi connectivity index (χ1n) is 9.99. The lowest BCUT2D eigenvalue weighted by molar-refractivity contribution is 0.0992. The predicted octanol–water partition coefficient (Wildman–Crippen LogP) is 4.09. The first-order valence-corrected chi connectivity index (χ1v) is 10.8. The van der Waals surface area contributed by atoms with Crippen molar-refractivity contribution in [3.05, 3.63) is 55.5 Å². The van der Waals surface area contributed by atoms with Gasteiger partial charge in [0.05, 0.1) is 11.1 Å². The fourth-order valence-corrected chi connectivity index (χ4v) is 5.60. The minimum Gasteiger partial charge on any atom is -0.417 e. The highest BCUT2D eigenvalue weighted by Crippen LogP contribution is 2.40. The number of carbonyl (C=O) groups excluding carboxylic acids is 2. The molecule has 7 heteroatoms. The van der Waals surface area contributed by atoms with Crippen LogP contribution in [-0.2, 0) is 12.8 Å². The summed E-state index contributed by atoms with van der Waals surface area (Å²) in [5, 5.41) is 3.22. The Kier molecular flexibility index (Phi) is 5.17. The molecule has 0 fully saturated rings. The van der Waals surface area contributed by atoms with Gasteiger partial charge in [0.1, 0.15) is 5.00 Å². The van der Waals surface area contributed by atoms with Gasteiger partial charge in [-0.05, 0) is 54.7 Å². The highest BCUT2D eigenvalue weighted by Gasteiger charge is 2.29. The van der Waals surface area contributed by atoms with E-state index in [2.05, 4.69) is 12.2 Å². The van der Waals surface area contributed by atoms with E-state index in [0.717, 1.165) is 48.1 Å². The summed E-state index contributed by atoms with van der Waals surface area (Å²) in [5.74, 6) is -0.423. The van der Waals surface area contributed by atoms with Gasteiger partial charge in [0.2, 0.25) is 0 Å². The highest BCUT2D eigenvalue weighted by molar-refractivity contribution is 7.17. The number of nitrogens with two attached hydrogens (primary N) is 1. The molecule has 0 aliphatic heterocycles. The van der Waals surface area contributed by atoms with E-state index in [1.54, 1.807) is 12.1 Å². The smallest absolute Gasteiger partial charge is 0.344 e. The fourth-order valence-electron chi connectivity index (χ4n) is 4.24. The largest absolute Gasteiger partial charge is 0.417 e. The fraction of sp³-hybridized carbons (Fsp3) is 0.409. The number of hydrogen-bond donors (Lipinski definition) is 2. The zero-order chi connectivity index (χ0) is 20.7. The van der Waals surface area contributed by atoms with Crippen LogP contribution in [-0.4, -0.2) is 11.8 Å². The van der Waals surface area contributed by atoms with Crippen molar-refractivity contribution in [2.45, 2.75) is 51.9 Å². The molecule has 0 saturated heterocycles. The van der Waals surface area contributed by atoms with Crippen molar-refractivity contribution in [2.75, 3.05) is 5.32 Å². The summed E-state index contributed by atoms with van der Waals surface area (Å²) < 4.78 is 5.26. The van der Waals surface area contributed by atoms with Gasteiger partial charge in [-0.2, -0.15) is 0 Å². The Morgan fingerprint density at radius 3 is 2.90 bits per heavy atom. The van der Waals surface area contributed by atoms with Crippen molar-refractivity contribution in [1.29, 1.82) is 0 Å². The third-order valence-corrected chi connectivity index (χ3v) is 7.14. The Bertz CT molecular complexity index is 1080. The van der Waals surface area contributed by atoms with Crippen LogP contribution in [0.2, 0.25) is 0 Å². The molecule has 2 aromatic rings. The first-order chi connectivity index (χ1) is 13.9. The molecule has 6 nitrogen and oxygen atoms in total. The number of primary amides is 1. The number of nitrogens with one attached hydrogen (secondary N) is 1. The van der Waals surface area contributed by atoms with E-state index in [0.29, 0.717) is 22.0 Å². The number of carbonyl (C=O) groups is 2. The predicted molar refractivity (Wildman–Crippen MR) is 114 cm³/mol. The topological polar surface area (TPSA) is 102 Å². The van der Waals surface area contributed by atoms with Crippen molar-refractivity contribution in [1.82, 2.24) is 0 Å². The average molecular weight is 413 g/mol. The normalized spacial score (nSPS) is 20.1. The second-order valence-electron chi connectivity index (χ2n) is 7.85. The number of thiophene rings is 1. The molecular formula is C22H24N2O4S. The van der Waals surface area contributed by atoms with Crippen LogP contribution in [0.5, 0.6) is 0 Å². The zero-order valence-corrected chi connectivity index (χ0v) is 17.4. The van der Waals surface area contributed by atoms with Gasteiger partial charge < -0.3 is 15.5 Å². The lowest BCUT2D eigenvalue weighted by Crippen LogP contribution is -2.21. The van der Waals surface area contributed by atoms with Gasteiger partial charge in [0, 0.05) is 4.88 Å². The maximum atomic E-state index is 12.9. The summed E-state index contributed by atoms with van der Waals surface area (Å²) in [7, 11) is 0. The Morgan fingerprint density at radius 1 is 1.38 bits per heavy atom. The maximum Gasteiger partial charge on any atom is 0.344 e. The van der Waals surface area contributed by atoms with Gasteiger partial charge in [-0.1, -0.05) is 32.4 Å². The van der Waals surface area contributed by atoms with Gasteiger partial charge in [0.25, 0.3) is 11.8 Å². The monoisotopic (exact) mass is 412 g/mol. The summed E-state index contributed by atoms with van der Waals surface area (Å²) in [6, 6.07) is 1.63. The van der Waals surface area contributed by atoms with Gasteiger partial charge in [0.15, 0.2) is 5.76 Å². The van der Waals surface area contributed by atoms with Crippen molar-refractivity contribution in [3.63, 3.8) is 0 Å². The minimum absolute atomic E-state index is 0.0517. The molecule has 2 amide bonds. The van der Waals surface area contributed by atoms with Gasteiger partial charge in [-0.3, -0.25) is 9.59 Å². The molecule has 2 aliphatic carbocycles. The number of rotatable bonds is 4. The molecule has 0 spiro atoms. The molecule has 0 radical (unpaired) electrons. The van der Waals surface area contributed by atoms with Crippen LogP contribution < -0.4 is 16.7 Å². The highest BCUT2D eigenvalue weighted by atomic mass is 32.1. The van der Waals surface area contributed by atoms with Crippen LogP contribution in [0.1, 0.15) is 81.5 Å². The minimum atomic E-state index is -0.543. The van der Waals surface area contributed by atoms with Crippen molar-refractivity contribution in [3.8, 4) is 0 Å². The summed E-state index contributed by atoms with van der Waals surface area (Å²) in [5.41, 5.74) is 7.75. The van der Waals surface area contributed by atoms with Crippen LogP contribution in [0.15, 0.2) is 21.4 Å². The van der Waals surface area contributed by atoms with Crippen LogP contribution in [0.3, 0.4) is 0 Å². The van der Waals surface area contributed by atoms with Crippen molar-refractivity contribution in [2.24, 2.45) is 11.7 Å². The first kappa shape index (κ1) is 19.6. The number of allylic oxidation sites excluding steroid dienone is 1. The summed E-state index contributed by atoms with van der Waals surface area (Å²) >= 11 is 1.40. The number of amides is 2.